The highest BCUT2D eigenvalue weighted by molar-refractivity contribution is 7.99. The number of likely N-dealkylation sites (N-methyl/N-ethyl adjacent to an activating group) is 1. The van der Waals surface area contributed by atoms with E-state index in [9.17, 15) is 4.79 Å². The summed E-state index contributed by atoms with van der Waals surface area (Å²) < 4.78 is 0. The molecule has 0 aromatic rings. The fourth-order valence-electron chi connectivity index (χ4n) is 1.42. The Labute approximate surface area is 110 Å². The first-order chi connectivity index (χ1) is 7.96. The van der Waals surface area contributed by atoms with Gasteiger partial charge in [-0.25, -0.2) is 0 Å². The number of carboxylic acid groups (broad SMARTS) is 1. The van der Waals surface area contributed by atoms with Crippen molar-refractivity contribution in [3.63, 3.8) is 0 Å². The van der Waals surface area contributed by atoms with Gasteiger partial charge < -0.3 is 10.4 Å². The highest BCUT2D eigenvalue weighted by Crippen LogP contribution is 2.17. The molecule has 0 fully saturated rings. The summed E-state index contributed by atoms with van der Waals surface area (Å²) in [6.07, 6.45) is 4.01. The molecule has 102 valence electrons. The van der Waals surface area contributed by atoms with Crippen LogP contribution in [0.5, 0.6) is 0 Å². The van der Waals surface area contributed by atoms with E-state index in [0.717, 1.165) is 24.5 Å². The third-order valence-electron chi connectivity index (χ3n) is 3.34. The summed E-state index contributed by atoms with van der Waals surface area (Å²) in [6, 6.07) is 0. The molecule has 0 aromatic heterocycles. The molecule has 0 rings (SSSR count). The summed E-state index contributed by atoms with van der Waals surface area (Å²) in [5.74, 6) is 2.40. The standard InChI is InChI=1S/C13H27NO2S/c1-5-11(2)10-17-9-7-6-8-13(3,14-4)12(15)16/h11,14H,5-10H2,1-4H3,(H,15,16). The molecule has 3 nitrogen and oxygen atoms in total. The van der Waals surface area contributed by atoms with Gasteiger partial charge in [-0.05, 0) is 44.2 Å². The van der Waals surface area contributed by atoms with Crippen molar-refractivity contribution in [2.75, 3.05) is 18.6 Å². The first-order valence-corrected chi connectivity index (χ1v) is 7.61. The molecule has 0 saturated heterocycles. The Morgan fingerprint density at radius 1 is 1.47 bits per heavy atom. The summed E-state index contributed by atoms with van der Waals surface area (Å²) >= 11 is 1.98. The number of nitrogens with one attached hydrogen (secondary N) is 1. The first kappa shape index (κ1) is 16.8. The molecule has 0 heterocycles. The van der Waals surface area contributed by atoms with Crippen molar-refractivity contribution >= 4 is 17.7 Å². The predicted octanol–water partition coefficient (Wildman–Crippen LogP) is 3.00. The van der Waals surface area contributed by atoms with Crippen molar-refractivity contribution < 1.29 is 9.90 Å². The molecule has 2 N–H and O–H groups in total. The van der Waals surface area contributed by atoms with Crippen molar-refractivity contribution in [3.05, 3.63) is 0 Å². The molecule has 0 bridgehead atoms. The molecule has 0 aromatic carbocycles. The van der Waals surface area contributed by atoms with Crippen LogP contribution in [0.3, 0.4) is 0 Å². The van der Waals surface area contributed by atoms with E-state index in [4.69, 9.17) is 5.11 Å². The number of thioether (sulfide) groups is 1. The maximum Gasteiger partial charge on any atom is 0.323 e. The highest BCUT2D eigenvalue weighted by atomic mass is 32.2. The first-order valence-electron chi connectivity index (χ1n) is 6.46. The summed E-state index contributed by atoms with van der Waals surface area (Å²) in [5.41, 5.74) is -0.763. The van der Waals surface area contributed by atoms with Crippen LogP contribution in [0.25, 0.3) is 0 Å². The lowest BCUT2D eigenvalue weighted by molar-refractivity contribution is -0.144. The SMILES string of the molecule is CCC(C)CSCCCCC(C)(NC)C(=O)O. The lowest BCUT2D eigenvalue weighted by atomic mass is 9.95. The van der Waals surface area contributed by atoms with Crippen LogP contribution in [0.2, 0.25) is 0 Å². The van der Waals surface area contributed by atoms with E-state index < -0.39 is 11.5 Å². The van der Waals surface area contributed by atoms with E-state index >= 15 is 0 Å². The molecular weight excluding hydrogens is 234 g/mol. The minimum absolute atomic E-state index is 0.697. The summed E-state index contributed by atoms with van der Waals surface area (Å²) in [6.45, 7) is 6.24. The second-order valence-electron chi connectivity index (χ2n) is 4.93. The molecular formula is C13H27NO2S. The van der Waals surface area contributed by atoms with Gasteiger partial charge in [-0.3, -0.25) is 4.79 Å². The number of carbonyl (C=O) groups is 1. The van der Waals surface area contributed by atoms with Gasteiger partial charge in [-0.2, -0.15) is 11.8 Å². The van der Waals surface area contributed by atoms with E-state index in [0.29, 0.717) is 6.42 Å². The van der Waals surface area contributed by atoms with Crippen molar-refractivity contribution in [2.45, 2.75) is 52.0 Å². The molecule has 0 amide bonds. The molecule has 0 saturated carbocycles. The van der Waals surface area contributed by atoms with E-state index in [2.05, 4.69) is 19.2 Å². The van der Waals surface area contributed by atoms with Gasteiger partial charge in [0.05, 0.1) is 0 Å². The fraction of sp³-hybridized carbons (Fsp3) is 0.923. The van der Waals surface area contributed by atoms with E-state index in [1.165, 1.54) is 12.2 Å². The number of unbranched alkanes of at least 4 members (excludes halogenated alkanes) is 1. The van der Waals surface area contributed by atoms with Crippen LogP contribution in [0.1, 0.15) is 46.5 Å². The van der Waals surface area contributed by atoms with Crippen molar-refractivity contribution in [3.8, 4) is 0 Å². The van der Waals surface area contributed by atoms with Crippen LogP contribution in [-0.4, -0.2) is 35.2 Å². The van der Waals surface area contributed by atoms with Gasteiger partial charge in [0.1, 0.15) is 5.54 Å². The van der Waals surface area contributed by atoms with E-state index in [-0.39, 0.29) is 0 Å². The van der Waals surface area contributed by atoms with Crippen molar-refractivity contribution in [2.24, 2.45) is 5.92 Å². The van der Waals surface area contributed by atoms with Crippen LogP contribution in [0.15, 0.2) is 0 Å². The number of aliphatic carboxylic acids is 1. The largest absolute Gasteiger partial charge is 0.480 e. The third-order valence-corrected chi connectivity index (χ3v) is 4.72. The lowest BCUT2D eigenvalue weighted by Gasteiger charge is -2.23. The highest BCUT2D eigenvalue weighted by Gasteiger charge is 2.29. The maximum absolute atomic E-state index is 11.0. The van der Waals surface area contributed by atoms with Gasteiger partial charge in [0, 0.05) is 0 Å². The zero-order valence-corrected chi connectivity index (χ0v) is 12.4. The second kappa shape index (κ2) is 8.81. The van der Waals surface area contributed by atoms with Crippen LogP contribution < -0.4 is 5.32 Å². The summed E-state index contributed by atoms with van der Waals surface area (Å²) in [5, 5.41) is 12.0. The number of hydrogen-bond acceptors (Lipinski definition) is 3. The Bertz CT molecular complexity index is 223. The second-order valence-corrected chi connectivity index (χ2v) is 6.08. The van der Waals surface area contributed by atoms with E-state index in [1.807, 2.05) is 11.8 Å². The Morgan fingerprint density at radius 3 is 2.59 bits per heavy atom. The summed E-state index contributed by atoms with van der Waals surface area (Å²) in [4.78, 5) is 11.0. The average Bonchev–Trinajstić information content (AvgIpc) is 2.32. The number of hydrogen-bond donors (Lipinski definition) is 2. The Balaban J connectivity index is 3.60. The van der Waals surface area contributed by atoms with Crippen LogP contribution in [0, 0.1) is 5.92 Å². The molecule has 0 aliphatic heterocycles. The number of carboxylic acids is 1. The minimum Gasteiger partial charge on any atom is -0.480 e. The number of rotatable bonds is 10. The molecule has 2 unspecified atom stereocenters. The third kappa shape index (κ3) is 6.94. The molecule has 17 heavy (non-hydrogen) atoms. The molecule has 4 heteroatoms. The van der Waals surface area contributed by atoms with Gasteiger partial charge >= 0.3 is 5.97 Å². The fourth-order valence-corrected chi connectivity index (χ4v) is 2.64. The summed E-state index contributed by atoms with van der Waals surface area (Å²) in [7, 11) is 1.71. The van der Waals surface area contributed by atoms with Crippen LogP contribution >= 0.6 is 11.8 Å². The Morgan fingerprint density at radius 2 is 2.12 bits per heavy atom. The molecule has 0 radical (unpaired) electrons. The van der Waals surface area contributed by atoms with Crippen molar-refractivity contribution in [1.82, 2.24) is 5.32 Å². The Kier molecular flexibility index (Phi) is 8.70. The zero-order valence-electron chi connectivity index (χ0n) is 11.6. The van der Waals surface area contributed by atoms with Gasteiger partial charge in [0.25, 0.3) is 0 Å². The van der Waals surface area contributed by atoms with Gasteiger partial charge in [0.15, 0.2) is 0 Å². The average molecular weight is 261 g/mol. The molecule has 0 aliphatic carbocycles. The van der Waals surface area contributed by atoms with Crippen LogP contribution in [-0.2, 0) is 4.79 Å². The molecule has 2 atom stereocenters. The van der Waals surface area contributed by atoms with E-state index in [1.54, 1.807) is 14.0 Å². The molecule has 0 spiro atoms. The van der Waals surface area contributed by atoms with Gasteiger partial charge in [0.2, 0.25) is 0 Å². The topological polar surface area (TPSA) is 49.3 Å². The quantitative estimate of drug-likeness (QED) is 0.594. The zero-order chi connectivity index (χ0) is 13.3. The minimum atomic E-state index is -0.763. The maximum atomic E-state index is 11.0. The molecule has 0 aliphatic rings. The van der Waals surface area contributed by atoms with Gasteiger partial charge in [-0.1, -0.05) is 26.7 Å². The Hall–Kier alpha value is -0.220. The van der Waals surface area contributed by atoms with Crippen LogP contribution in [0.4, 0.5) is 0 Å². The predicted molar refractivity (Wildman–Crippen MR) is 75.7 cm³/mol. The van der Waals surface area contributed by atoms with Gasteiger partial charge in [-0.15, -0.1) is 0 Å². The van der Waals surface area contributed by atoms with Crippen molar-refractivity contribution in [1.29, 1.82) is 0 Å². The smallest absolute Gasteiger partial charge is 0.323 e. The monoisotopic (exact) mass is 261 g/mol. The lowest BCUT2D eigenvalue weighted by Crippen LogP contribution is -2.47. The normalized spacial score (nSPS) is 16.5.